The molecule has 1 aliphatic rings. The second-order valence-electron chi connectivity index (χ2n) is 3.98. The van der Waals surface area contributed by atoms with Gasteiger partial charge >= 0.3 is 0 Å². The van der Waals surface area contributed by atoms with Gasteiger partial charge in [-0.1, -0.05) is 6.07 Å². The first-order valence-electron chi connectivity index (χ1n) is 5.24. The Morgan fingerprint density at radius 2 is 2.19 bits per heavy atom. The average Bonchev–Trinajstić information content (AvgIpc) is 2.36. The van der Waals surface area contributed by atoms with Crippen molar-refractivity contribution < 1.29 is 12.8 Å². The predicted octanol–water partition coefficient (Wildman–Crippen LogP) is 1.65. The zero-order chi connectivity index (χ0) is 11.8. The van der Waals surface area contributed by atoms with Gasteiger partial charge in [-0.15, -0.1) is 0 Å². The molecule has 88 valence electrons. The van der Waals surface area contributed by atoms with Crippen LogP contribution in [0.2, 0.25) is 0 Å². The monoisotopic (exact) mass is 243 g/mol. The van der Waals surface area contributed by atoms with E-state index in [1.54, 1.807) is 13.1 Å². The Balaban J connectivity index is 2.64. The highest BCUT2D eigenvalue weighted by atomic mass is 32.2. The summed E-state index contributed by atoms with van der Waals surface area (Å²) in [5, 5.41) is 3.07. The van der Waals surface area contributed by atoms with Gasteiger partial charge in [0.25, 0.3) is 0 Å². The quantitative estimate of drug-likeness (QED) is 0.816. The van der Waals surface area contributed by atoms with Gasteiger partial charge in [0.15, 0.2) is 9.84 Å². The summed E-state index contributed by atoms with van der Waals surface area (Å²) >= 11 is 0. The molecule has 1 unspecified atom stereocenters. The average molecular weight is 243 g/mol. The minimum atomic E-state index is -3.32. The van der Waals surface area contributed by atoms with Crippen LogP contribution in [-0.2, 0) is 9.84 Å². The molecule has 1 aromatic carbocycles. The Labute approximate surface area is 94.6 Å². The van der Waals surface area contributed by atoms with E-state index in [1.807, 2.05) is 0 Å². The Morgan fingerprint density at radius 1 is 1.44 bits per heavy atom. The standard InChI is InChI=1S/C11H14FNO2S/c1-13-10-3-2-6-16(14,15)11-7-8(12)4-5-9(10)11/h4-5,7,10,13H,2-3,6H2,1H3. The van der Waals surface area contributed by atoms with Gasteiger partial charge in [-0.2, -0.15) is 0 Å². The van der Waals surface area contributed by atoms with E-state index in [-0.39, 0.29) is 16.7 Å². The van der Waals surface area contributed by atoms with Gasteiger partial charge in [-0.3, -0.25) is 0 Å². The van der Waals surface area contributed by atoms with Crippen LogP contribution in [0.25, 0.3) is 0 Å². The lowest BCUT2D eigenvalue weighted by atomic mass is 10.0. The number of halogens is 1. The van der Waals surface area contributed by atoms with Gasteiger partial charge in [-0.25, -0.2) is 12.8 Å². The van der Waals surface area contributed by atoms with Gasteiger partial charge in [0.05, 0.1) is 10.6 Å². The fraction of sp³-hybridized carbons (Fsp3) is 0.455. The lowest BCUT2D eigenvalue weighted by Crippen LogP contribution is -2.16. The molecule has 1 atom stereocenters. The van der Waals surface area contributed by atoms with Crippen molar-refractivity contribution in [2.75, 3.05) is 12.8 Å². The molecule has 0 saturated heterocycles. The second kappa shape index (κ2) is 4.14. The lowest BCUT2D eigenvalue weighted by Gasteiger charge is -2.15. The van der Waals surface area contributed by atoms with E-state index in [1.165, 1.54) is 6.07 Å². The highest BCUT2D eigenvalue weighted by Crippen LogP contribution is 2.31. The van der Waals surface area contributed by atoms with Crippen molar-refractivity contribution in [1.29, 1.82) is 0 Å². The molecule has 1 N–H and O–H groups in total. The lowest BCUT2D eigenvalue weighted by molar-refractivity contribution is 0.538. The Kier molecular flexibility index (Phi) is 2.99. The van der Waals surface area contributed by atoms with Gasteiger partial charge < -0.3 is 5.32 Å². The Bertz CT molecular complexity index is 499. The number of hydrogen-bond donors (Lipinski definition) is 1. The molecule has 1 aromatic rings. The zero-order valence-electron chi connectivity index (χ0n) is 9.03. The van der Waals surface area contributed by atoms with Gasteiger partial charge in [-0.05, 0) is 37.6 Å². The molecular formula is C11H14FNO2S. The molecule has 3 nitrogen and oxygen atoms in total. The van der Waals surface area contributed by atoms with Crippen LogP contribution in [-0.4, -0.2) is 21.2 Å². The van der Waals surface area contributed by atoms with Crippen LogP contribution >= 0.6 is 0 Å². The van der Waals surface area contributed by atoms with E-state index in [4.69, 9.17) is 0 Å². The van der Waals surface area contributed by atoms with Crippen molar-refractivity contribution in [1.82, 2.24) is 5.32 Å². The van der Waals surface area contributed by atoms with Crippen LogP contribution in [0.5, 0.6) is 0 Å². The van der Waals surface area contributed by atoms with E-state index < -0.39 is 15.7 Å². The van der Waals surface area contributed by atoms with Crippen LogP contribution in [0.3, 0.4) is 0 Å². The summed E-state index contributed by atoms with van der Waals surface area (Å²) < 4.78 is 36.9. The van der Waals surface area contributed by atoms with Crippen LogP contribution < -0.4 is 5.32 Å². The molecule has 0 saturated carbocycles. The Hall–Kier alpha value is -0.940. The maximum atomic E-state index is 13.1. The van der Waals surface area contributed by atoms with Crippen LogP contribution in [0, 0.1) is 5.82 Å². The second-order valence-corrected chi connectivity index (χ2v) is 6.06. The molecule has 5 heteroatoms. The molecule has 0 aliphatic carbocycles. The molecule has 2 rings (SSSR count). The minimum absolute atomic E-state index is 0.00660. The molecule has 0 radical (unpaired) electrons. The third kappa shape index (κ3) is 1.97. The molecule has 16 heavy (non-hydrogen) atoms. The van der Waals surface area contributed by atoms with Crippen molar-refractivity contribution in [3.63, 3.8) is 0 Å². The van der Waals surface area contributed by atoms with Crippen molar-refractivity contribution in [3.8, 4) is 0 Å². The number of nitrogens with one attached hydrogen (secondary N) is 1. The number of fused-ring (bicyclic) bond motifs is 1. The molecule has 0 aromatic heterocycles. The Morgan fingerprint density at radius 3 is 2.88 bits per heavy atom. The summed E-state index contributed by atoms with van der Waals surface area (Å²) in [6, 6.07) is 3.99. The van der Waals surface area contributed by atoms with Crippen molar-refractivity contribution in [2.24, 2.45) is 0 Å². The first-order chi connectivity index (χ1) is 7.54. The van der Waals surface area contributed by atoms with Crippen molar-refractivity contribution in [3.05, 3.63) is 29.6 Å². The highest BCUT2D eigenvalue weighted by Gasteiger charge is 2.27. The number of sulfone groups is 1. The van der Waals surface area contributed by atoms with Crippen molar-refractivity contribution in [2.45, 2.75) is 23.8 Å². The van der Waals surface area contributed by atoms with Gasteiger partial charge in [0, 0.05) is 6.04 Å². The van der Waals surface area contributed by atoms with E-state index >= 15 is 0 Å². The minimum Gasteiger partial charge on any atom is -0.313 e. The summed E-state index contributed by atoms with van der Waals surface area (Å²) in [5.41, 5.74) is 0.682. The molecule has 0 spiro atoms. The number of benzene rings is 1. The topological polar surface area (TPSA) is 46.2 Å². The molecule has 0 fully saturated rings. The maximum absolute atomic E-state index is 13.1. The largest absolute Gasteiger partial charge is 0.313 e. The van der Waals surface area contributed by atoms with Gasteiger partial charge in [0.2, 0.25) is 0 Å². The predicted molar refractivity (Wildman–Crippen MR) is 59.5 cm³/mol. The third-order valence-corrected chi connectivity index (χ3v) is 4.79. The third-order valence-electron chi connectivity index (χ3n) is 2.94. The molecule has 1 heterocycles. The first kappa shape index (κ1) is 11.5. The smallest absolute Gasteiger partial charge is 0.178 e. The highest BCUT2D eigenvalue weighted by molar-refractivity contribution is 7.91. The molecule has 0 amide bonds. The number of hydrogen-bond acceptors (Lipinski definition) is 3. The molecular weight excluding hydrogens is 229 g/mol. The van der Waals surface area contributed by atoms with E-state index in [2.05, 4.69) is 5.32 Å². The summed E-state index contributed by atoms with van der Waals surface area (Å²) in [4.78, 5) is 0.143. The van der Waals surface area contributed by atoms with E-state index in [9.17, 15) is 12.8 Å². The SMILES string of the molecule is CNC1CCCS(=O)(=O)c2cc(F)ccc21. The summed E-state index contributed by atoms with van der Waals surface area (Å²) in [6.45, 7) is 0. The van der Waals surface area contributed by atoms with Gasteiger partial charge in [0.1, 0.15) is 5.82 Å². The maximum Gasteiger partial charge on any atom is 0.178 e. The molecule has 0 bridgehead atoms. The van der Waals surface area contributed by atoms with E-state index in [0.717, 1.165) is 12.5 Å². The zero-order valence-corrected chi connectivity index (χ0v) is 9.85. The van der Waals surface area contributed by atoms with Crippen LogP contribution in [0.4, 0.5) is 4.39 Å². The summed E-state index contributed by atoms with van der Waals surface area (Å²) in [7, 11) is -1.54. The van der Waals surface area contributed by atoms with Crippen LogP contribution in [0.15, 0.2) is 23.1 Å². The normalized spacial score (nSPS) is 23.5. The fourth-order valence-corrected chi connectivity index (χ4v) is 3.74. The van der Waals surface area contributed by atoms with E-state index in [0.29, 0.717) is 12.0 Å². The number of rotatable bonds is 1. The van der Waals surface area contributed by atoms with Crippen molar-refractivity contribution >= 4 is 9.84 Å². The molecule has 1 aliphatic heterocycles. The summed E-state index contributed by atoms with van der Waals surface area (Å²) in [6.07, 6.45) is 1.36. The van der Waals surface area contributed by atoms with Crippen LogP contribution in [0.1, 0.15) is 24.4 Å². The fourth-order valence-electron chi connectivity index (χ4n) is 2.11. The first-order valence-corrected chi connectivity index (χ1v) is 6.89. The summed E-state index contributed by atoms with van der Waals surface area (Å²) in [5.74, 6) is -0.402.